The first kappa shape index (κ1) is 23.7. The maximum atomic E-state index is 13.8. The lowest BCUT2D eigenvalue weighted by atomic mass is 9.92. The van der Waals surface area contributed by atoms with Crippen LogP contribution in [0.5, 0.6) is 0 Å². The van der Waals surface area contributed by atoms with Crippen LogP contribution in [0.4, 0.5) is 11.6 Å². The minimum absolute atomic E-state index is 0.0295. The molecule has 4 rings (SSSR count). The second-order valence-electron chi connectivity index (χ2n) is 7.73. The third-order valence-corrected chi connectivity index (χ3v) is 7.78. The highest BCUT2D eigenvalue weighted by molar-refractivity contribution is 9.10. The van der Waals surface area contributed by atoms with Gasteiger partial charge in [0, 0.05) is 20.9 Å². The largest absolute Gasteiger partial charge is 0.480 e. The van der Waals surface area contributed by atoms with Crippen LogP contribution in [0.1, 0.15) is 12.5 Å². The second-order valence-corrected chi connectivity index (χ2v) is 11.5. The first-order valence-electron chi connectivity index (χ1n) is 9.50. The molecule has 0 unspecified atom stereocenters. The van der Waals surface area contributed by atoms with Crippen LogP contribution in [0.2, 0.25) is 10.0 Å². The molecule has 172 valence electrons. The predicted octanol–water partition coefficient (Wildman–Crippen LogP) is 4.45. The van der Waals surface area contributed by atoms with E-state index in [-0.39, 0.29) is 27.4 Å². The number of carbonyl (C=O) groups excluding carboxylic acids is 1. The molecule has 2 heterocycles. The van der Waals surface area contributed by atoms with Crippen molar-refractivity contribution in [3.8, 4) is 0 Å². The summed E-state index contributed by atoms with van der Waals surface area (Å²) in [6.45, 7) is 1.59. The summed E-state index contributed by atoms with van der Waals surface area (Å²) in [5.41, 5.74) is -0.345. The van der Waals surface area contributed by atoms with Gasteiger partial charge in [0.1, 0.15) is 5.54 Å². The Hall–Kier alpha value is -2.40. The monoisotopic (exact) mass is 571 g/mol. The molecule has 0 bridgehead atoms. The summed E-state index contributed by atoms with van der Waals surface area (Å²) in [5, 5.41) is 9.32. The van der Waals surface area contributed by atoms with E-state index < -0.39 is 33.0 Å². The number of aliphatic carboxylic acids is 1. The summed E-state index contributed by atoms with van der Waals surface area (Å²) in [5.74, 6) is -3.08. The molecule has 1 N–H and O–H groups in total. The van der Waals surface area contributed by atoms with Gasteiger partial charge in [-0.1, -0.05) is 51.3 Å². The Morgan fingerprint density at radius 2 is 1.76 bits per heavy atom. The third kappa shape index (κ3) is 4.28. The van der Waals surface area contributed by atoms with Crippen molar-refractivity contribution in [3.63, 3.8) is 0 Å². The number of sulfone groups is 1. The van der Waals surface area contributed by atoms with E-state index in [4.69, 9.17) is 28.3 Å². The summed E-state index contributed by atoms with van der Waals surface area (Å²) in [4.78, 5) is 30.4. The first-order chi connectivity index (χ1) is 15.4. The molecule has 1 aliphatic rings. The molecular weight excluding hydrogens is 557 g/mol. The minimum atomic E-state index is -4.29. The van der Waals surface area contributed by atoms with Gasteiger partial charge >= 0.3 is 5.97 Å². The van der Waals surface area contributed by atoms with Crippen LogP contribution in [-0.4, -0.2) is 40.7 Å². The van der Waals surface area contributed by atoms with Crippen molar-refractivity contribution >= 4 is 72.5 Å². The number of carboxylic acids is 1. The SMILES string of the molecule is C[C@@]1(Cc2ccc(Br)cc2)C(=O)N(c2cc(Cl)cc(Cl)c2)c2ncc(S(=O)(=O)CC(=O)O)n21. The van der Waals surface area contributed by atoms with Gasteiger partial charge in [0.25, 0.3) is 5.91 Å². The molecule has 8 nitrogen and oxygen atoms in total. The van der Waals surface area contributed by atoms with E-state index >= 15 is 0 Å². The van der Waals surface area contributed by atoms with Gasteiger partial charge in [-0.3, -0.25) is 14.2 Å². The van der Waals surface area contributed by atoms with Crippen LogP contribution < -0.4 is 4.90 Å². The summed E-state index contributed by atoms with van der Waals surface area (Å²) in [6.07, 6.45) is 1.20. The fourth-order valence-corrected chi connectivity index (χ4v) is 5.91. The van der Waals surface area contributed by atoms with Crippen LogP contribution in [0.15, 0.2) is 58.2 Å². The number of benzene rings is 2. The van der Waals surface area contributed by atoms with Gasteiger partial charge in [-0.15, -0.1) is 0 Å². The van der Waals surface area contributed by atoms with Gasteiger partial charge in [-0.2, -0.15) is 0 Å². The van der Waals surface area contributed by atoms with Crippen LogP contribution >= 0.6 is 39.1 Å². The number of amides is 1. The molecule has 1 atom stereocenters. The number of carboxylic acid groups (broad SMARTS) is 1. The zero-order chi connectivity index (χ0) is 24.1. The van der Waals surface area contributed by atoms with E-state index in [0.717, 1.165) is 16.2 Å². The smallest absolute Gasteiger partial charge is 0.319 e. The number of carbonyl (C=O) groups is 2. The number of imidazole rings is 1. The molecule has 0 saturated heterocycles. The minimum Gasteiger partial charge on any atom is -0.480 e. The Bertz CT molecular complexity index is 1370. The number of halogens is 3. The van der Waals surface area contributed by atoms with Gasteiger partial charge in [0.05, 0.1) is 11.9 Å². The van der Waals surface area contributed by atoms with Gasteiger partial charge in [0.15, 0.2) is 10.8 Å². The molecule has 33 heavy (non-hydrogen) atoms. The summed E-state index contributed by atoms with van der Waals surface area (Å²) in [6, 6.07) is 11.8. The Morgan fingerprint density at radius 1 is 1.15 bits per heavy atom. The molecule has 0 fully saturated rings. The molecule has 0 aliphatic carbocycles. The lowest BCUT2D eigenvalue weighted by Crippen LogP contribution is -2.42. The maximum absolute atomic E-state index is 13.8. The number of anilines is 2. The highest BCUT2D eigenvalue weighted by atomic mass is 79.9. The molecule has 1 amide bonds. The summed E-state index contributed by atoms with van der Waals surface area (Å²) in [7, 11) is -4.29. The van der Waals surface area contributed by atoms with Crippen molar-refractivity contribution in [1.29, 1.82) is 0 Å². The molecule has 0 spiro atoms. The normalized spacial score (nSPS) is 17.9. The average Bonchev–Trinajstić information content (AvgIpc) is 3.22. The quantitative estimate of drug-likeness (QED) is 0.467. The fourth-order valence-electron chi connectivity index (χ4n) is 3.89. The number of hydrogen-bond acceptors (Lipinski definition) is 5. The Morgan fingerprint density at radius 3 is 2.33 bits per heavy atom. The van der Waals surface area contributed by atoms with E-state index in [1.165, 1.54) is 27.7 Å². The van der Waals surface area contributed by atoms with Crippen molar-refractivity contribution < 1.29 is 23.1 Å². The van der Waals surface area contributed by atoms with Crippen LogP contribution in [0.25, 0.3) is 0 Å². The molecular formula is C21H16BrCl2N3O5S. The van der Waals surface area contributed by atoms with E-state index in [2.05, 4.69) is 20.9 Å². The van der Waals surface area contributed by atoms with Crippen LogP contribution in [0.3, 0.4) is 0 Å². The summed E-state index contributed by atoms with van der Waals surface area (Å²) < 4.78 is 27.9. The van der Waals surface area contributed by atoms with E-state index in [9.17, 15) is 18.0 Å². The van der Waals surface area contributed by atoms with Crippen LogP contribution in [-0.2, 0) is 31.4 Å². The Balaban J connectivity index is 1.93. The van der Waals surface area contributed by atoms with Gasteiger partial charge in [0.2, 0.25) is 15.8 Å². The molecule has 12 heteroatoms. The highest BCUT2D eigenvalue weighted by Crippen LogP contribution is 2.44. The first-order valence-corrected chi connectivity index (χ1v) is 12.7. The van der Waals surface area contributed by atoms with E-state index in [0.29, 0.717) is 5.69 Å². The van der Waals surface area contributed by atoms with Gasteiger partial charge in [-0.05, 0) is 42.8 Å². The number of aromatic nitrogens is 2. The lowest BCUT2D eigenvalue weighted by molar-refractivity contribution is -0.134. The van der Waals surface area contributed by atoms with Crippen LogP contribution in [0, 0.1) is 0 Å². The lowest BCUT2D eigenvalue weighted by Gasteiger charge is -2.26. The summed E-state index contributed by atoms with van der Waals surface area (Å²) >= 11 is 15.6. The number of fused-ring (bicyclic) bond motifs is 1. The molecule has 0 saturated carbocycles. The topological polar surface area (TPSA) is 110 Å². The van der Waals surface area contributed by atoms with E-state index in [1.54, 1.807) is 6.92 Å². The molecule has 2 aromatic carbocycles. The van der Waals surface area contributed by atoms with Crippen molar-refractivity contribution in [1.82, 2.24) is 9.55 Å². The van der Waals surface area contributed by atoms with Crippen molar-refractivity contribution in [2.75, 3.05) is 10.7 Å². The van der Waals surface area contributed by atoms with Gasteiger partial charge in [-0.25, -0.2) is 18.3 Å². The molecule has 0 radical (unpaired) electrons. The van der Waals surface area contributed by atoms with Crippen molar-refractivity contribution in [2.24, 2.45) is 0 Å². The average molecular weight is 573 g/mol. The number of rotatable bonds is 6. The van der Waals surface area contributed by atoms with E-state index in [1.807, 2.05) is 24.3 Å². The van der Waals surface area contributed by atoms with Gasteiger partial charge < -0.3 is 5.11 Å². The third-order valence-electron chi connectivity index (χ3n) is 5.27. The zero-order valence-corrected chi connectivity index (χ0v) is 20.9. The fraction of sp³-hybridized carbons (Fsp3) is 0.190. The second kappa shape index (κ2) is 8.43. The standard InChI is InChI=1S/C21H16BrCl2N3O5S/c1-21(9-12-2-4-13(22)5-3-12)19(30)26(16-7-14(23)6-15(24)8-16)20-25-10-17(27(20)21)33(31,32)11-18(28)29/h2-8,10H,9,11H2,1H3,(H,28,29)/t21-/m1/s1. The number of hydrogen-bond donors (Lipinski definition) is 1. The molecule has 3 aromatic rings. The van der Waals surface area contributed by atoms with Crippen molar-refractivity contribution in [3.05, 3.63) is 68.7 Å². The van der Waals surface area contributed by atoms with Crippen molar-refractivity contribution in [2.45, 2.75) is 23.9 Å². The maximum Gasteiger partial charge on any atom is 0.319 e. The highest BCUT2D eigenvalue weighted by Gasteiger charge is 2.51. The zero-order valence-electron chi connectivity index (χ0n) is 17.0. The molecule has 1 aliphatic heterocycles. The molecule has 1 aromatic heterocycles. The predicted molar refractivity (Wildman–Crippen MR) is 127 cm³/mol. The Labute approximate surface area is 207 Å². The number of nitrogens with zero attached hydrogens (tertiary/aromatic N) is 3. The Kier molecular flexibility index (Phi) is 6.06.